The molecule has 0 amide bonds. The average molecular weight is 220 g/mol. The van der Waals surface area contributed by atoms with Gasteiger partial charge in [0.2, 0.25) is 0 Å². The van der Waals surface area contributed by atoms with E-state index in [0.717, 1.165) is 5.56 Å². The molecule has 86 valence electrons. The van der Waals surface area contributed by atoms with Gasteiger partial charge in [0.05, 0.1) is 17.7 Å². The van der Waals surface area contributed by atoms with Crippen molar-refractivity contribution in [3.63, 3.8) is 0 Å². The van der Waals surface area contributed by atoms with E-state index in [1.807, 2.05) is 13.0 Å². The number of hydrogen-bond donors (Lipinski definition) is 3. The number of nitriles is 1. The van der Waals surface area contributed by atoms with Gasteiger partial charge in [-0.3, -0.25) is 0 Å². The van der Waals surface area contributed by atoms with Crippen molar-refractivity contribution in [2.24, 2.45) is 5.73 Å². The summed E-state index contributed by atoms with van der Waals surface area (Å²) in [6.07, 6.45) is -1.55. The van der Waals surface area contributed by atoms with Crippen LogP contribution >= 0.6 is 0 Å². The van der Waals surface area contributed by atoms with Gasteiger partial charge in [-0.05, 0) is 37.1 Å². The summed E-state index contributed by atoms with van der Waals surface area (Å²) in [5.41, 5.74) is 7.21. The molecule has 4 N–H and O–H groups in total. The van der Waals surface area contributed by atoms with E-state index in [4.69, 9.17) is 11.0 Å². The lowest BCUT2D eigenvalue weighted by molar-refractivity contribution is 0.0150. The molecule has 1 aromatic rings. The van der Waals surface area contributed by atoms with Gasteiger partial charge in [0.1, 0.15) is 6.10 Å². The van der Waals surface area contributed by atoms with E-state index >= 15 is 0 Å². The van der Waals surface area contributed by atoms with Gasteiger partial charge in [0.25, 0.3) is 0 Å². The van der Waals surface area contributed by atoms with Crippen LogP contribution in [0.5, 0.6) is 0 Å². The Hall–Kier alpha value is -1.41. The molecule has 1 aromatic carbocycles. The van der Waals surface area contributed by atoms with Crippen LogP contribution in [0.25, 0.3) is 0 Å². The second kappa shape index (κ2) is 5.61. The Labute approximate surface area is 94.9 Å². The average Bonchev–Trinajstić information content (AvgIpc) is 2.29. The van der Waals surface area contributed by atoms with Crippen molar-refractivity contribution in [3.8, 4) is 6.07 Å². The highest BCUT2D eigenvalue weighted by atomic mass is 16.3. The molecule has 2 unspecified atom stereocenters. The fraction of sp³-hybridized carbons (Fsp3) is 0.417. The summed E-state index contributed by atoms with van der Waals surface area (Å²) < 4.78 is 0. The fourth-order valence-electron chi connectivity index (χ4n) is 1.49. The van der Waals surface area contributed by atoms with Crippen LogP contribution in [0.4, 0.5) is 0 Å². The molecule has 0 saturated carbocycles. The lowest BCUT2D eigenvalue weighted by Crippen LogP contribution is -2.21. The van der Waals surface area contributed by atoms with Crippen molar-refractivity contribution in [3.05, 3.63) is 34.9 Å². The normalized spacial score (nSPS) is 14.2. The molecule has 0 aromatic heterocycles. The first kappa shape index (κ1) is 12.7. The van der Waals surface area contributed by atoms with Gasteiger partial charge >= 0.3 is 0 Å². The molecule has 0 aliphatic heterocycles. The first-order valence-electron chi connectivity index (χ1n) is 5.17. The molecule has 0 bridgehead atoms. The van der Waals surface area contributed by atoms with Crippen LogP contribution < -0.4 is 5.73 Å². The second-order valence-electron chi connectivity index (χ2n) is 3.78. The lowest BCUT2D eigenvalue weighted by atomic mass is 9.98. The molecule has 4 nitrogen and oxygen atoms in total. The Morgan fingerprint density at radius 1 is 1.44 bits per heavy atom. The fourth-order valence-corrected chi connectivity index (χ4v) is 1.49. The van der Waals surface area contributed by atoms with E-state index in [1.54, 1.807) is 18.2 Å². The molecular formula is C12H16N2O2. The summed E-state index contributed by atoms with van der Waals surface area (Å²) in [5.74, 6) is 0. The van der Waals surface area contributed by atoms with Crippen LogP contribution in [0.1, 0.15) is 29.2 Å². The van der Waals surface area contributed by atoms with Crippen LogP contribution in [-0.2, 0) is 0 Å². The minimum absolute atomic E-state index is 0.315. The van der Waals surface area contributed by atoms with Gasteiger partial charge in [-0.25, -0.2) is 0 Å². The molecule has 2 atom stereocenters. The number of aliphatic hydroxyl groups excluding tert-OH is 2. The number of hydrogen-bond acceptors (Lipinski definition) is 4. The Balaban J connectivity index is 2.92. The third-order valence-corrected chi connectivity index (χ3v) is 2.55. The third-order valence-electron chi connectivity index (χ3n) is 2.55. The minimum atomic E-state index is -0.990. The number of benzene rings is 1. The second-order valence-corrected chi connectivity index (χ2v) is 3.78. The molecule has 0 radical (unpaired) electrons. The Morgan fingerprint density at radius 3 is 2.69 bits per heavy atom. The standard InChI is InChI=1S/C12H16N2O2/c1-8-2-3-9(6-10(8)7-14)12(16)11(15)4-5-13/h2-3,6,11-12,15-16H,4-5,13H2,1H3. The summed E-state index contributed by atoms with van der Waals surface area (Å²) in [7, 11) is 0. The number of nitrogens with two attached hydrogens (primary N) is 1. The van der Waals surface area contributed by atoms with Crippen molar-refractivity contribution in [2.75, 3.05) is 6.54 Å². The number of aryl methyl sites for hydroxylation is 1. The molecule has 0 spiro atoms. The highest BCUT2D eigenvalue weighted by Gasteiger charge is 2.18. The smallest absolute Gasteiger partial charge is 0.105 e. The topological polar surface area (TPSA) is 90.3 Å². The van der Waals surface area contributed by atoms with E-state index in [0.29, 0.717) is 24.1 Å². The minimum Gasteiger partial charge on any atom is -0.390 e. The summed E-state index contributed by atoms with van der Waals surface area (Å²) >= 11 is 0. The highest BCUT2D eigenvalue weighted by molar-refractivity contribution is 5.40. The van der Waals surface area contributed by atoms with Gasteiger partial charge in [-0.1, -0.05) is 12.1 Å². The Morgan fingerprint density at radius 2 is 2.12 bits per heavy atom. The predicted octanol–water partition coefficient (Wildman–Crippen LogP) is 0.610. The van der Waals surface area contributed by atoms with Crippen molar-refractivity contribution < 1.29 is 10.2 Å². The van der Waals surface area contributed by atoms with Gasteiger partial charge in [-0.2, -0.15) is 5.26 Å². The van der Waals surface area contributed by atoms with Gasteiger partial charge in [-0.15, -0.1) is 0 Å². The van der Waals surface area contributed by atoms with Gasteiger partial charge in [0.15, 0.2) is 0 Å². The maximum Gasteiger partial charge on any atom is 0.105 e. The summed E-state index contributed by atoms with van der Waals surface area (Å²) in [6.45, 7) is 2.14. The maximum absolute atomic E-state index is 9.82. The molecule has 0 saturated heterocycles. The number of nitrogens with zero attached hydrogens (tertiary/aromatic N) is 1. The van der Waals surface area contributed by atoms with Crippen LogP contribution in [0, 0.1) is 18.3 Å². The monoisotopic (exact) mass is 220 g/mol. The van der Waals surface area contributed by atoms with E-state index in [2.05, 4.69) is 0 Å². The van der Waals surface area contributed by atoms with Crippen molar-refractivity contribution in [1.82, 2.24) is 0 Å². The molecular weight excluding hydrogens is 204 g/mol. The number of rotatable bonds is 4. The lowest BCUT2D eigenvalue weighted by Gasteiger charge is -2.17. The maximum atomic E-state index is 9.82. The van der Waals surface area contributed by atoms with Gasteiger partial charge in [0, 0.05) is 0 Å². The van der Waals surface area contributed by atoms with Crippen LogP contribution in [0.15, 0.2) is 18.2 Å². The quantitative estimate of drug-likeness (QED) is 0.693. The highest BCUT2D eigenvalue weighted by Crippen LogP contribution is 2.21. The van der Waals surface area contributed by atoms with Crippen LogP contribution in [0.2, 0.25) is 0 Å². The first-order chi connectivity index (χ1) is 7.60. The molecule has 0 fully saturated rings. The molecule has 16 heavy (non-hydrogen) atoms. The molecule has 4 heteroatoms. The largest absolute Gasteiger partial charge is 0.390 e. The van der Waals surface area contributed by atoms with Crippen molar-refractivity contribution in [1.29, 1.82) is 5.26 Å². The molecule has 1 rings (SSSR count). The van der Waals surface area contributed by atoms with Crippen molar-refractivity contribution >= 4 is 0 Å². The van der Waals surface area contributed by atoms with Gasteiger partial charge < -0.3 is 15.9 Å². The SMILES string of the molecule is Cc1ccc(C(O)C(O)CCN)cc1C#N. The third kappa shape index (κ3) is 2.80. The Bertz CT molecular complexity index is 398. The molecule has 0 aliphatic rings. The zero-order valence-electron chi connectivity index (χ0n) is 9.22. The summed E-state index contributed by atoms with van der Waals surface area (Å²) in [6, 6.07) is 7.11. The first-order valence-corrected chi connectivity index (χ1v) is 5.17. The summed E-state index contributed by atoms with van der Waals surface area (Å²) in [4.78, 5) is 0. The van der Waals surface area contributed by atoms with E-state index in [9.17, 15) is 10.2 Å². The zero-order chi connectivity index (χ0) is 12.1. The van der Waals surface area contributed by atoms with Crippen molar-refractivity contribution in [2.45, 2.75) is 25.6 Å². The van der Waals surface area contributed by atoms with E-state index in [1.165, 1.54) is 0 Å². The predicted molar refractivity (Wildman–Crippen MR) is 60.5 cm³/mol. The molecule has 0 aliphatic carbocycles. The van der Waals surface area contributed by atoms with Crippen LogP contribution in [0.3, 0.4) is 0 Å². The number of aliphatic hydroxyl groups is 2. The summed E-state index contributed by atoms with van der Waals surface area (Å²) in [5, 5.41) is 28.3. The zero-order valence-corrected chi connectivity index (χ0v) is 9.22. The Kier molecular flexibility index (Phi) is 4.44. The van der Waals surface area contributed by atoms with E-state index < -0.39 is 12.2 Å². The van der Waals surface area contributed by atoms with E-state index in [-0.39, 0.29) is 0 Å². The van der Waals surface area contributed by atoms with Crippen LogP contribution in [-0.4, -0.2) is 22.9 Å². The molecule has 0 heterocycles.